The van der Waals surface area contributed by atoms with Crippen molar-refractivity contribution in [2.24, 2.45) is 0 Å². The van der Waals surface area contributed by atoms with Gasteiger partial charge in [0.25, 0.3) is 5.91 Å². The van der Waals surface area contributed by atoms with Gasteiger partial charge in [0.05, 0.1) is 11.7 Å². The average Bonchev–Trinajstić information content (AvgIpc) is 2.93. The van der Waals surface area contributed by atoms with Crippen molar-refractivity contribution in [2.75, 3.05) is 13.1 Å². The van der Waals surface area contributed by atoms with Crippen molar-refractivity contribution in [2.45, 2.75) is 44.2 Å². The molecule has 0 radical (unpaired) electrons. The van der Waals surface area contributed by atoms with Crippen LogP contribution in [0.4, 0.5) is 0 Å². The van der Waals surface area contributed by atoms with Crippen molar-refractivity contribution in [3.05, 3.63) is 30.0 Å². The fourth-order valence-corrected chi connectivity index (χ4v) is 3.56. The molecule has 22 heavy (non-hydrogen) atoms. The first kappa shape index (κ1) is 13.8. The van der Waals surface area contributed by atoms with E-state index < -0.39 is 0 Å². The molecule has 5 nitrogen and oxygen atoms in total. The van der Waals surface area contributed by atoms with Gasteiger partial charge in [0.2, 0.25) is 0 Å². The van der Waals surface area contributed by atoms with Crippen molar-refractivity contribution in [1.29, 1.82) is 0 Å². The zero-order valence-electron chi connectivity index (χ0n) is 12.7. The van der Waals surface area contributed by atoms with E-state index in [9.17, 15) is 4.79 Å². The number of hydrogen-bond donors (Lipinski definition) is 2. The van der Waals surface area contributed by atoms with Crippen molar-refractivity contribution in [3.8, 4) is 0 Å². The molecule has 2 heterocycles. The van der Waals surface area contributed by atoms with Gasteiger partial charge in [0.15, 0.2) is 0 Å². The second kappa shape index (κ2) is 5.72. The van der Waals surface area contributed by atoms with Crippen molar-refractivity contribution in [3.63, 3.8) is 0 Å². The van der Waals surface area contributed by atoms with Gasteiger partial charge < -0.3 is 5.32 Å². The summed E-state index contributed by atoms with van der Waals surface area (Å²) in [6, 6.07) is 6.73. The summed E-state index contributed by atoms with van der Waals surface area (Å²) in [5, 5.41) is 11.1. The van der Waals surface area contributed by atoms with E-state index in [4.69, 9.17) is 0 Å². The number of fused-ring (bicyclic) bond motifs is 1. The molecular weight excluding hydrogens is 276 g/mol. The second-order valence-corrected chi connectivity index (χ2v) is 6.56. The summed E-state index contributed by atoms with van der Waals surface area (Å²) < 4.78 is 0. The van der Waals surface area contributed by atoms with Crippen molar-refractivity contribution >= 4 is 16.8 Å². The van der Waals surface area contributed by atoms with Gasteiger partial charge in [-0.2, -0.15) is 5.10 Å². The SMILES string of the molecule is O=C(NC1CCCN(C2CCC2)C1)c1ccc2[nH]ncc2c1. The highest BCUT2D eigenvalue weighted by Gasteiger charge is 2.30. The maximum Gasteiger partial charge on any atom is 0.251 e. The van der Waals surface area contributed by atoms with E-state index >= 15 is 0 Å². The number of rotatable bonds is 3. The highest BCUT2D eigenvalue weighted by Crippen LogP contribution is 2.27. The molecule has 1 unspecified atom stereocenters. The zero-order chi connectivity index (χ0) is 14.9. The minimum Gasteiger partial charge on any atom is -0.348 e. The fraction of sp³-hybridized carbons (Fsp3) is 0.529. The van der Waals surface area contributed by atoms with Crippen LogP contribution in [0.15, 0.2) is 24.4 Å². The van der Waals surface area contributed by atoms with Crippen LogP contribution in [0.5, 0.6) is 0 Å². The number of amides is 1. The van der Waals surface area contributed by atoms with Crippen LogP contribution in [0.25, 0.3) is 10.9 Å². The molecule has 1 aromatic heterocycles. The Morgan fingerprint density at radius 1 is 1.27 bits per heavy atom. The van der Waals surface area contributed by atoms with Crippen LogP contribution in [0.2, 0.25) is 0 Å². The number of nitrogens with one attached hydrogen (secondary N) is 2. The van der Waals surface area contributed by atoms with E-state index in [1.165, 1.54) is 32.2 Å². The topological polar surface area (TPSA) is 61.0 Å². The van der Waals surface area contributed by atoms with Crippen molar-refractivity contribution in [1.82, 2.24) is 20.4 Å². The maximum absolute atomic E-state index is 12.5. The lowest BCUT2D eigenvalue weighted by Gasteiger charge is -2.42. The third-order valence-corrected chi connectivity index (χ3v) is 5.08. The predicted octanol–water partition coefficient (Wildman–Crippen LogP) is 2.31. The van der Waals surface area contributed by atoms with E-state index in [0.717, 1.165) is 35.5 Å². The van der Waals surface area contributed by atoms with E-state index in [0.29, 0.717) is 0 Å². The number of benzene rings is 1. The predicted molar refractivity (Wildman–Crippen MR) is 85.8 cm³/mol. The summed E-state index contributed by atoms with van der Waals surface area (Å²) in [5.74, 6) is 0.0311. The van der Waals surface area contributed by atoms with E-state index in [2.05, 4.69) is 20.4 Å². The van der Waals surface area contributed by atoms with E-state index in [1.807, 2.05) is 18.2 Å². The third kappa shape index (κ3) is 2.61. The quantitative estimate of drug-likeness (QED) is 0.914. The van der Waals surface area contributed by atoms with Gasteiger partial charge in [0, 0.05) is 29.6 Å². The van der Waals surface area contributed by atoms with Crippen LogP contribution < -0.4 is 5.32 Å². The van der Waals surface area contributed by atoms with Gasteiger partial charge in [-0.15, -0.1) is 0 Å². The van der Waals surface area contributed by atoms with E-state index in [-0.39, 0.29) is 11.9 Å². The van der Waals surface area contributed by atoms with E-state index in [1.54, 1.807) is 6.20 Å². The molecule has 4 rings (SSSR count). The second-order valence-electron chi connectivity index (χ2n) is 6.56. The Hall–Kier alpha value is -1.88. The maximum atomic E-state index is 12.5. The van der Waals surface area contributed by atoms with Crippen LogP contribution >= 0.6 is 0 Å². The molecule has 1 amide bonds. The van der Waals surface area contributed by atoms with Gasteiger partial charge in [-0.25, -0.2) is 0 Å². The molecule has 2 fully saturated rings. The third-order valence-electron chi connectivity index (χ3n) is 5.08. The molecule has 0 spiro atoms. The molecule has 2 aliphatic rings. The summed E-state index contributed by atoms with van der Waals surface area (Å²) >= 11 is 0. The van der Waals surface area contributed by atoms with Gasteiger partial charge in [-0.05, 0) is 50.4 Å². The lowest BCUT2D eigenvalue weighted by Crippen LogP contribution is -2.52. The minimum atomic E-state index is 0.0311. The standard InChI is InChI=1S/C17H22N4O/c22-17(12-6-7-16-13(9-12)10-18-20-16)19-14-3-2-8-21(11-14)15-4-1-5-15/h6-7,9-10,14-15H,1-5,8,11H2,(H,18,20)(H,19,22). The van der Waals surface area contributed by atoms with Crippen LogP contribution in [0.1, 0.15) is 42.5 Å². The summed E-state index contributed by atoms with van der Waals surface area (Å²) in [6.07, 6.45) is 8.05. The van der Waals surface area contributed by atoms with Crippen LogP contribution in [-0.4, -0.2) is 46.2 Å². The Labute approximate surface area is 130 Å². The molecule has 1 aliphatic heterocycles. The molecule has 5 heteroatoms. The lowest BCUT2D eigenvalue weighted by atomic mass is 9.89. The smallest absolute Gasteiger partial charge is 0.251 e. The summed E-state index contributed by atoms with van der Waals surface area (Å²) in [6.45, 7) is 2.20. The zero-order valence-corrected chi connectivity index (χ0v) is 12.7. The van der Waals surface area contributed by atoms with Crippen LogP contribution in [-0.2, 0) is 0 Å². The molecule has 1 saturated heterocycles. The Balaban J connectivity index is 1.42. The van der Waals surface area contributed by atoms with Crippen molar-refractivity contribution < 1.29 is 4.79 Å². The molecule has 2 aromatic rings. The summed E-state index contributed by atoms with van der Waals surface area (Å²) in [4.78, 5) is 15.0. The first-order valence-electron chi connectivity index (χ1n) is 8.27. The summed E-state index contributed by atoms with van der Waals surface area (Å²) in [5.41, 5.74) is 1.68. The Morgan fingerprint density at radius 3 is 3.00 bits per heavy atom. The number of carbonyl (C=O) groups excluding carboxylic acids is 1. The Kier molecular flexibility index (Phi) is 3.58. The molecule has 1 saturated carbocycles. The molecule has 2 N–H and O–H groups in total. The number of aromatic nitrogens is 2. The highest BCUT2D eigenvalue weighted by atomic mass is 16.1. The molecular formula is C17H22N4O. The fourth-order valence-electron chi connectivity index (χ4n) is 3.56. The minimum absolute atomic E-state index is 0.0311. The molecule has 1 aromatic carbocycles. The van der Waals surface area contributed by atoms with Crippen LogP contribution in [0.3, 0.4) is 0 Å². The largest absolute Gasteiger partial charge is 0.348 e. The molecule has 0 bridgehead atoms. The number of hydrogen-bond acceptors (Lipinski definition) is 3. The van der Waals surface area contributed by atoms with Gasteiger partial charge >= 0.3 is 0 Å². The van der Waals surface area contributed by atoms with Gasteiger partial charge in [0.1, 0.15) is 0 Å². The first-order chi connectivity index (χ1) is 10.8. The number of carbonyl (C=O) groups is 1. The highest BCUT2D eigenvalue weighted by molar-refractivity contribution is 5.98. The molecule has 1 aliphatic carbocycles. The van der Waals surface area contributed by atoms with Gasteiger partial charge in [-0.1, -0.05) is 6.42 Å². The average molecular weight is 298 g/mol. The Bertz CT molecular complexity index is 676. The number of likely N-dealkylation sites (tertiary alicyclic amines) is 1. The number of nitrogens with zero attached hydrogens (tertiary/aromatic N) is 2. The summed E-state index contributed by atoms with van der Waals surface area (Å²) in [7, 11) is 0. The normalized spacial score (nSPS) is 23.4. The number of piperidine rings is 1. The number of aromatic amines is 1. The monoisotopic (exact) mass is 298 g/mol. The number of H-pyrrole nitrogens is 1. The Morgan fingerprint density at radius 2 is 2.18 bits per heavy atom. The van der Waals surface area contributed by atoms with Crippen LogP contribution in [0, 0.1) is 0 Å². The first-order valence-corrected chi connectivity index (χ1v) is 8.27. The lowest BCUT2D eigenvalue weighted by molar-refractivity contribution is 0.0755. The van der Waals surface area contributed by atoms with Gasteiger partial charge in [-0.3, -0.25) is 14.8 Å². The molecule has 116 valence electrons. The molecule has 1 atom stereocenters.